The molecule has 1 unspecified atom stereocenters. The first-order chi connectivity index (χ1) is 13.9. The first-order valence-corrected chi connectivity index (χ1v) is 8.95. The number of ether oxygens (including phenoxy) is 2. The van der Waals surface area contributed by atoms with Gasteiger partial charge in [-0.25, -0.2) is 0 Å². The second kappa shape index (κ2) is 8.59. The number of carbonyl (C=O) groups is 2. The number of hydrogen-bond acceptors (Lipinski definition) is 6. The molecular weight excluding hydrogens is 378 g/mol. The van der Waals surface area contributed by atoms with Crippen LogP contribution in [0.3, 0.4) is 0 Å². The summed E-state index contributed by atoms with van der Waals surface area (Å²) in [6.07, 6.45) is 0.108. The van der Waals surface area contributed by atoms with Crippen molar-refractivity contribution in [3.8, 4) is 11.5 Å². The van der Waals surface area contributed by atoms with Gasteiger partial charge in [-0.1, -0.05) is 12.1 Å². The molecule has 1 aliphatic rings. The molecule has 9 nitrogen and oxygen atoms in total. The molecule has 29 heavy (non-hydrogen) atoms. The van der Waals surface area contributed by atoms with E-state index in [0.29, 0.717) is 18.8 Å². The van der Waals surface area contributed by atoms with E-state index >= 15 is 0 Å². The van der Waals surface area contributed by atoms with Gasteiger partial charge in [0.05, 0.1) is 36.8 Å². The highest BCUT2D eigenvalue weighted by atomic mass is 16.6. The number of anilines is 1. The summed E-state index contributed by atoms with van der Waals surface area (Å²) in [7, 11) is 2.95. The second-order valence-corrected chi connectivity index (χ2v) is 6.65. The fraction of sp³-hybridized carbons (Fsp3) is 0.300. The minimum atomic E-state index is -0.541. The summed E-state index contributed by atoms with van der Waals surface area (Å²) >= 11 is 0. The van der Waals surface area contributed by atoms with Gasteiger partial charge in [-0.3, -0.25) is 19.7 Å². The van der Waals surface area contributed by atoms with Crippen molar-refractivity contribution in [1.29, 1.82) is 0 Å². The number of nitro groups is 1. The zero-order chi connectivity index (χ0) is 21.0. The van der Waals surface area contributed by atoms with Crippen LogP contribution in [-0.4, -0.2) is 42.4 Å². The lowest BCUT2D eigenvalue weighted by molar-refractivity contribution is -0.384. The van der Waals surface area contributed by atoms with E-state index in [2.05, 4.69) is 5.32 Å². The number of rotatable bonds is 7. The first kappa shape index (κ1) is 20.1. The van der Waals surface area contributed by atoms with Crippen molar-refractivity contribution >= 4 is 23.2 Å². The molecule has 3 rings (SSSR count). The minimum Gasteiger partial charge on any atom is -0.497 e. The van der Waals surface area contributed by atoms with E-state index in [-0.39, 0.29) is 29.7 Å². The summed E-state index contributed by atoms with van der Waals surface area (Å²) in [4.78, 5) is 36.9. The van der Waals surface area contributed by atoms with Gasteiger partial charge in [0.2, 0.25) is 11.8 Å². The van der Waals surface area contributed by atoms with Crippen molar-refractivity contribution in [3.05, 3.63) is 58.1 Å². The van der Waals surface area contributed by atoms with Gasteiger partial charge >= 0.3 is 0 Å². The molecule has 0 aliphatic carbocycles. The Morgan fingerprint density at radius 3 is 2.55 bits per heavy atom. The molecular formula is C20H21N3O6. The van der Waals surface area contributed by atoms with Crippen molar-refractivity contribution in [2.24, 2.45) is 5.92 Å². The molecule has 1 saturated heterocycles. The number of non-ortho nitro benzene ring substituents is 1. The molecule has 152 valence electrons. The van der Waals surface area contributed by atoms with E-state index in [0.717, 1.165) is 11.3 Å². The van der Waals surface area contributed by atoms with Crippen molar-refractivity contribution in [1.82, 2.24) is 4.90 Å². The van der Waals surface area contributed by atoms with Crippen molar-refractivity contribution < 1.29 is 24.0 Å². The third kappa shape index (κ3) is 4.63. The van der Waals surface area contributed by atoms with Crippen LogP contribution in [0.4, 0.5) is 11.4 Å². The van der Waals surface area contributed by atoms with Crippen LogP contribution in [0.15, 0.2) is 42.5 Å². The molecule has 9 heteroatoms. The lowest BCUT2D eigenvalue weighted by Gasteiger charge is -2.17. The van der Waals surface area contributed by atoms with Gasteiger partial charge in [-0.05, 0) is 23.8 Å². The normalized spacial score (nSPS) is 15.9. The number of likely N-dealkylation sites (tertiary alicyclic amines) is 1. The third-order valence-electron chi connectivity index (χ3n) is 4.77. The van der Waals surface area contributed by atoms with Crippen LogP contribution in [0, 0.1) is 16.0 Å². The Morgan fingerprint density at radius 1 is 1.21 bits per heavy atom. The predicted octanol–water partition coefficient (Wildman–Crippen LogP) is 2.60. The van der Waals surface area contributed by atoms with Crippen LogP contribution >= 0.6 is 0 Å². The van der Waals surface area contributed by atoms with Crippen LogP contribution in [0.25, 0.3) is 0 Å². The number of carbonyl (C=O) groups excluding carboxylic acids is 2. The summed E-state index contributed by atoms with van der Waals surface area (Å²) in [5.41, 5.74) is 1.13. The Morgan fingerprint density at radius 2 is 1.93 bits per heavy atom. The number of nitrogens with one attached hydrogen (secondary N) is 1. The minimum absolute atomic E-state index is 0.100. The number of nitrogens with zero attached hydrogens (tertiary/aromatic N) is 2. The Kier molecular flexibility index (Phi) is 5.96. The molecule has 1 aliphatic heterocycles. The average molecular weight is 399 g/mol. The van der Waals surface area contributed by atoms with Crippen molar-refractivity contribution in [3.63, 3.8) is 0 Å². The van der Waals surface area contributed by atoms with Crippen LogP contribution in [0.5, 0.6) is 11.5 Å². The number of hydrogen-bond donors (Lipinski definition) is 1. The van der Waals surface area contributed by atoms with E-state index < -0.39 is 10.8 Å². The fourth-order valence-electron chi connectivity index (χ4n) is 3.18. The molecule has 2 aromatic rings. The highest BCUT2D eigenvalue weighted by Crippen LogP contribution is 2.30. The zero-order valence-corrected chi connectivity index (χ0v) is 16.1. The van der Waals surface area contributed by atoms with Gasteiger partial charge < -0.3 is 19.7 Å². The monoisotopic (exact) mass is 399 g/mol. The smallest absolute Gasteiger partial charge is 0.273 e. The largest absolute Gasteiger partial charge is 0.497 e. The average Bonchev–Trinajstić information content (AvgIpc) is 3.09. The maximum Gasteiger partial charge on any atom is 0.273 e. The number of amides is 2. The van der Waals surface area contributed by atoms with E-state index in [1.807, 2.05) is 24.3 Å². The summed E-state index contributed by atoms with van der Waals surface area (Å²) < 4.78 is 10.3. The van der Waals surface area contributed by atoms with Gasteiger partial charge in [-0.15, -0.1) is 0 Å². The van der Waals surface area contributed by atoms with Crippen LogP contribution in [0.2, 0.25) is 0 Å². The van der Waals surface area contributed by atoms with Crippen molar-refractivity contribution in [2.45, 2.75) is 13.0 Å². The lowest BCUT2D eigenvalue weighted by Crippen LogP contribution is -2.28. The molecule has 2 amide bonds. The molecule has 0 aromatic heterocycles. The first-order valence-electron chi connectivity index (χ1n) is 8.95. The van der Waals surface area contributed by atoms with Gasteiger partial charge in [-0.2, -0.15) is 0 Å². The topological polar surface area (TPSA) is 111 Å². The zero-order valence-electron chi connectivity index (χ0n) is 16.1. The van der Waals surface area contributed by atoms with Crippen LogP contribution in [-0.2, 0) is 16.1 Å². The SMILES string of the molecule is COc1ccc(CN2CC(C(=O)Nc3ccc([N+](=O)[O-])cc3OC)CC2=O)cc1. The highest BCUT2D eigenvalue weighted by molar-refractivity contribution is 5.98. The molecule has 0 bridgehead atoms. The Hall–Kier alpha value is -3.62. The number of methoxy groups -OCH3 is 2. The number of benzene rings is 2. The summed E-state index contributed by atoms with van der Waals surface area (Å²) in [6, 6.07) is 11.3. The molecule has 0 radical (unpaired) electrons. The molecule has 2 aromatic carbocycles. The highest BCUT2D eigenvalue weighted by Gasteiger charge is 2.34. The molecule has 1 atom stereocenters. The maximum atomic E-state index is 12.6. The number of nitro benzene ring substituents is 1. The predicted molar refractivity (Wildman–Crippen MR) is 105 cm³/mol. The molecule has 0 saturated carbocycles. The third-order valence-corrected chi connectivity index (χ3v) is 4.77. The Labute approximate surface area is 167 Å². The van der Waals surface area contributed by atoms with Crippen molar-refractivity contribution in [2.75, 3.05) is 26.1 Å². The van der Waals surface area contributed by atoms with Gasteiger partial charge in [0.15, 0.2) is 0 Å². The Bertz CT molecular complexity index is 928. The van der Waals surface area contributed by atoms with Crippen LogP contribution in [0.1, 0.15) is 12.0 Å². The summed E-state index contributed by atoms with van der Waals surface area (Å²) in [5.74, 6) is -0.0252. The lowest BCUT2D eigenvalue weighted by atomic mass is 10.1. The standard InChI is InChI=1S/C20H21N3O6/c1-28-16-6-3-13(4-7-16)11-22-12-14(9-19(22)24)20(25)21-17-8-5-15(23(26)27)10-18(17)29-2/h3-8,10,14H,9,11-12H2,1-2H3,(H,21,25). The molecule has 1 heterocycles. The maximum absolute atomic E-state index is 12.6. The second-order valence-electron chi connectivity index (χ2n) is 6.65. The van der Waals surface area contributed by atoms with E-state index in [4.69, 9.17) is 9.47 Å². The Balaban J connectivity index is 1.65. The molecule has 1 fully saturated rings. The van der Waals surface area contributed by atoms with E-state index in [9.17, 15) is 19.7 Å². The summed E-state index contributed by atoms with van der Waals surface area (Å²) in [6.45, 7) is 0.708. The van der Waals surface area contributed by atoms with Crippen LogP contribution < -0.4 is 14.8 Å². The quantitative estimate of drug-likeness (QED) is 0.566. The van der Waals surface area contributed by atoms with Gasteiger partial charge in [0, 0.05) is 25.6 Å². The van der Waals surface area contributed by atoms with Gasteiger partial charge in [0.25, 0.3) is 5.69 Å². The van der Waals surface area contributed by atoms with E-state index in [1.54, 1.807) is 12.0 Å². The molecule has 1 N–H and O–H groups in total. The van der Waals surface area contributed by atoms with E-state index in [1.165, 1.54) is 25.3 Å². The molecule has 0 spiro atoms. The summed E-state index contributed by atoms with van der Waals surface area (Å²) in [5, 5.41) is 13.6. The van der Waals surface area contributed by atoms with Gasteiger partial charge in [0.1, 0.15) is 11.5 Å². The fourth-order valence-corrected chi connectivity index (χ4v) is 3.18.